The molecule has 0 spiro atoms. The molecule has 7 nitrogen and oxygen atoms in total. The van der Waals surface area contributed by atoms with Gasteiger partial charge in [-0.1, -0.05) is 12.1 Å². The largest absolute Gasteiger partial charge is 0.497 e. The van der Waals surface area contributed by atoms with E-state index >= 15 is 0 Å². The first-order valence-electron chi connectivity index (χ1n) is 9.15. The first kappa shape index (κ1) is 21.9. The molecule has 2 rings (SSSR count). The zero-order valence-corrected chi connectivity index (χ0v) is 17.0. The monoisotopic (exact) mass is 399 g/mol. The van der Waals surface area contributed by atoms with Gasteiger partial charge in [-0.15, -0.1) is 0 Å². The molecule has 0 aliphatic carbocycles. The third-order valence-corrected chi connectivity index (χ3v) is 4.24. The Bertz CT molecular complexity index is 870. The van der Waals surface area contributed by atoms with Gasteiger partial charge in [-0.25, -0.2) is 0 Å². The molecule has 1 atom stereocenters. The summed E-state index contributed by atoms with van der Waals surface area (Å²) in [7, 11) is 3.11. The van der Waals surface area contributed by atoms with Gasteiger partial charge in [0.1, 0.15) is 11.5 Å². The third kappa shape index (κ3) is 6.64. The summed E-state index contributed by atoms with van der Waals surface area (Å²) in [5.74, 6) is 0.199. The van der Waals surface area contributed by atoms with Crippen molar-refractivity contribution in [3.63, 3.8) is 0 Å². The fraction of sp³-hybridized carbons (Fsp3) is 0.318. The summed E-state index contributed by atoms with van der Waals surface area (Å²) in [5.41, 5.74) is 1.81. The summed E-state index contributed by atoms with van der Waals surface area (Å²) in [5, 5.41) is 2.64. The first-order chi connectivity index (χ1) is 13.8. The van der Waals surface area contributed by atoms with Gasteiger partial charge in [0.15, 0.2) is 11.9 Å². The van der Waals surface area contributed by atoms with Crippen LogP contribution in [0.3, 0.4) is 0 Å². The second-order valence-corrected chi connectivity index (χ2v) is 6.48. The maximum atomic E-state index is 12.3. The van der Waals surface area contributed by atoms with Crippen LogP contribution in [0.4, 0.5) is 5.69 Å². The van der Waals surface area contributed by atoms with Crippen LogP contribution in [-0.4, -0.2) is 38.0 Å². The van der Waals surface area contributed by atoms with Gasteiger partial charge in [0.25, 0.3) is 5.91 Å². The predicted octanol–water partition coefficient (Wildman–Crippen LogP) is 3.41. The van der Waals surface area contributed by atoms with E-state index < -0.39 is 18.0 Å². The molecule has 154 valence electrons. The molecule has 0 aliphatic heterocycles. The molecular weight excluding hydrogens is 374 g/mol. The van der Waals surface area contributed by atoms with E-state index in [0.717, 1.165) is 5.56 Å². The molecular formula is C22H25NO6. The molecule has 2 aromatic rings. The van der Waals surface area contributed by atoms with Gasteiger partial charge < -0.3 is 19.5 Å². The number of carbonyl (C=O) groups excluding carboxylic acids is 3. The minimum Gasteiger partial charge on any atom is -0.497 e. The molecule has 0 unspecified atom stereocenters. The highest BCUT2D eigenvalue weighted by Crippen LogP contribution is 2.23. The fourth-order valence-corrected chi connectivity index (χ4v) is 2.63. The summed E-state index contributed by atoms with van der Waals surface area (Å²) >= 11 is 0. The standard InChI is InChI=1S/C22H25NO6/c1-14(24)17-6-5-7-18(12-17)23-22(26)15(2)29-21(25)9-8-16-10-19(27-3)13-20(11-16)28-4/h5-7,10-13,15H,8-9H2,1-4H3,(H,23,26)/t15-/m1/s1. The second-order valence-electron chi connectivity index (χ2n) is 6.48. The number of hydrogen-bond donors (Lipinski definition) is 1. The molecule has 0 aliphatic rings. The summed E-state index contributed by atoms with van der Waals surface area (Å²) < 4.78 is 15.6. The number of amides is 1. The third-order valence-electron chi connectivity index (χ3n) is 4.24. The van der Waals surface area contributed by atoms with Crippen molar-refractivity contribution in [1.82, 2.24) is 0 Å². The van der Waals surface area contributed by atoms with Crippen LogP contribution in [0.15, 0.2) is 42.5 Å². The van der Waals surface area contributed by atoms with Crippen molar-refractivity contribution >= 4 is 23.3 Å². The number of methoxy groups -OCH3 is 2. The Morgan fingerprint density at radius 1 is 1.00 bits per heavy atom. The lowest BCUT2D eigenvalue weighted by molar-refractivity contribution is -0.153. The topological polar surface area (TPSA) is 90.9 Å². The number of anilines is 1. The molecule has 0 saturated heterocycles. The lowest BCUT2D eigenvalue weighted by Gasteiger charge is -2.14. The molecule has 0 fully saturated rings. The molecule has 7 heteroatoms. The lowest BCUT2D eigenvalue weighted by Crippen LogP contribution is -2.30. The molecule has 0 saturated carbocycles. The predicted molar refractivity (Wildman–Crippen MR) is 108 cm³/mol. The number of rotatable bonds is 9. The van der Waals surface area contributed by atoms with Crippen molar-refractivity contribution in [2.24, 2.45) is 0 Å². The van der Waals surface area contributed by atoms with Gasteiger partial charge in [-0.05, 0) is 50.1 Å². The Morgan fingerprint density at radius 3 is 2.24 bits per heavy atom. The SMILES string of the molecule is COc1cc(CCC(=O)O[C@H](C)C(=O)Nc2cccc(C(C)=O)c2)cc(OC)c1. The van der Waals surface area contributed by atoms with Crippen LogP contribution < -0.4 is 14.8 Å². The molecule has 29 heavy (non-hydrogen) atoms. The van der Waals surface area contributed by atoms with E-state index in [1.54, 1.807) is 44.6 Å². The van der Waals surface area contributed by atoms with Gasteiger partial charge >= 0.3 is 5.97 Å². The Labute approximate surface area is 170 Å². The summed E-state index contributed by atoms with van der Waals surface area (Å²) in [6.45, 7) is 2.94. The quantitative estimate of drug-likeness (QED) is 0.513. The van der Waals surface area contributed by atoms with Gasteiger partial charge in [0, 0.05) is 23.7 Å². The molecule has 0 radical (unpaired) electrons. The van der Waals surface area contributed by atoms with Crippen molar-refractivity contribution in [2.45, 2.75) is 32.8 Å². The van der Waals surface area contributed by atoms with E-state index in [9.17, 15) is 14.4 Å². The summed E-state index contributed by atoms with van der Waals surface area (Å²) in [6, 6.07) is 11.9. The van der Waals surface area contributed by atoms with Crippen molar-refractivity contribution in [2.75, 3.05) is 19.5 Å². The number of nitrogens with one attached hydrogen (secondary N) is 1. The Kier molecular flexibility index (Phi) is 7.77. The molecule has 0 heterocycles. The zero-order chi connectivity index (χ0) is 21.4. The minimum atomic E-state index is -0.969. The normalized spacial score (nSPS) is 11.3. The molecule has 1 amide bonds. The molecule has 2 aromatic carbocycles. The maximum absolute atomic E-state index is 12.3. The van der Waals surface area contributed by atoms with E-state index in [2.05, 4.69) is 5.32 Å². The fourth-order valence-electron chi connectivity index (χ4n) is 2.63. The van der Waals surface area contributed by atoms with E-state index in [1.807, 2.05) is 12.1 Å². The Morgan fingerprint density at radius 2 is 1.66 bits per heavy atom. The number of hydrogen-bond acceptors (Lipinski definition) is 6. The highest BCUT2D eigenvalue weighted by Gasteiger charge is 2.18. The van der Waals surface area contributed by atoms with Crippen molar-refractivity contribution in [3.8, 4) is 11.5 Å². The van der Waals surface area contributed by atoms with Crippen LogP contribution in [0.2, 0.25) is 0 Å². The lowest BCUT2D eigenvalue weighted by atomic mass is 10.1. The van der Waals surface area contributed by atoms with Crippen LogP contribution in [0.25, 0.3) is 0 Å². The van der Waals surface area contributed by atoms with Crippen LogP contribution in [0.5, 0.6) is 11.5 Å². The number of ether oxygens (including phenoxy) is 3. The number of Topliss-reactive ketones (excluding diaryl/α,β-unsaturated/α-hetero) is 1. The van der Waals surface area contributed by atoms with Crippen LogP contribution in [0, 0.1) is 0 Å². The number of benzene rings is 2. The van der Waals surface area contributed by atoms with E-state index in [0.29, 0.717) is 29.2 Å². The minimum absolute atomic E-state index is 0.102. The number of carbonyl (C=O) groups is 3. The Hall–Kier alpha value is -3.35. The van der Waals surface area contributed by atoms with E-state index in [-0.39, 0.29) is 12.2 Å². The summed E-state index contributed by atoms with van der Waals surface area (Å²) in [6.07, 6.45) is -0.446. The van der Waals surface area contributed by atoms with Gasteiger partial charge in [0.05, 0.1) is 14.2 Å². The van der Waals surface area contributed by atoms with Crippen molar-refractivity contribution in [3.05, 3.63) is 53.6 Å². The number of ketones is 1. The van der Waals surface area contributed by atoms with Crippen LogP contribution in [-0.2, 0) is 20.7 Å². The highest BCUT2D eigenvalue weighted by molar-refractivity contribution is 5.98. The average molecular weight is 399 g/mol. The second kappa shape index (κ2) is 10.3. The van der Waals surface area contributed by atoms with Crippen LogP contribution in [0.1, 0.15) is 36.2 Å². The highest BCUT2D eigenvalue weighted by atomic mass is 16.5. The maximum Gasteiger partial charge on any atom is 0.306 e. The van der Waals surface area contributed by atoms with Gasteiger partial charge in [-0.3, -0.25) is 14.4 Å². The van der Waals surface area contributed by atoms with Gasteiger partial charge in [-0.2, -0.15) is 0 Å². The molecule has 0 aromatic heterocycles. The smallest absolute Gasteiger partial charge is 0.306 e. The molecule has 0 bridgehead atoms. The molecule has 1 N–H and O–H groups in total. The number of esters is 1. The van der Waals surface area contributed by atoms with E-state index in [4.69, 9.17) is 14.2 Å². The zero-order valence-electron chi connectivity index (χ0n) is 17.0. The van der Waals surface area contributed by atoms with E-state index in [1.165, 1.54) is 13.8 Å². The van der Waals surface area contributed by atoms with Crippen molar-refractivity contribution < 1.29 is 28.6 Å². The van der Waals surface area contributed by atoms with Crippen molar-refractivity contribution in [1.29, 1.82) is 0 Å². The Balaban J connectivity index is 1.89. The van der Waals surface area contributed by atoms with Gasteiger partial charge in [0.2, 0.25) is 0 Å². The number of aryl methyl sites for hydroxylation is 1. The summed E-state index contributed by atoms with van der Waals surface area (Å²) in [4.78, 5) is 35.8. The van der Waals surface area contributed by atoms with Crippen LogP contribution >= 0.6 is 0 Å². The first-order valence-corrected chi connectivity index (χ1v) is 9.15. The average Bonchev–Trinajstić information content (AvgIpc) is 2.71.